The highest BCUT2D eigenvalue weighted by molar-refractivity contribution is 9.10. The molecule has 0 unspecified atom stereocenters. The Balaban J connectivity index is 1.34. The van der Waals surface area contributed by atoms with Crippen molar-refractivity contribution in [2.45, 2.75) is 38.8 Å². The topological polar surface area (TPSA) is 113 Å². The zero-order valence-electron chi connectivity index (χ0n) is 26.8. The summed E-state index contributed by atoms with van der Waals surface area (Å²) in [6.45, 7) is 5.25. The van der Waals surface area contributed by atoms with E-state index in [0.29, 0.717) is 32.0 Å². The zero-order chi connectivity index (χ0) is 32.4. The van der Waals surface area contributed by atoms with Gasteiger partial charge in [0.25, 0.3) is 0 Å². The summed E-state index contributed by atoms with van der Waals surface area (Å²) in [6.07, 6.45) is 7.19. The maximum Gasteiger partial charge on any atom is 0.133 e. The van der Waals surface area contributed by atoms with Crippen molar-refractivity contribution in [2.24, 2.45) is 5.11 Å². The molecule has 0 aliphatic carbocycles. The average Bonchev–Trinajstić information content (AvgIpc) is 3.46. The molecule has 0 radical (unpaired) electrons. The van der Waals surface area contributed by atoms with Gasteiger partial charge in [-0.2, -0.15) is 5.11 Å². The summed E-state index contributed by atoms with van der Waals surface area (Å²) < 4.78 is 21.2. The number of rotatable bonds is 22. The molecule has 1 aromatic heterocycles. The lowest BCUT2D eigenvalue weighted by atomic mass is 10.1. The van der Waals surface area contributed by atoms with Crippen molar-refractivity contribution in [1.82, 2.24) is 30.1 Å². The van der Waals surface area contributed by atoms with E-state index >= 15 is 0 Å². The van der Waals surface area contributed by atoms with Crippen LogP contribution in [0.1, 0.15) is 29.7 Å². The first-order chi connectivity index (χ1) is 21.7. The highest BCUT2D eigenvalue weighted by atomic mass is 79.9. The standard InChI is InChI=1S/C32H46Br2N8O3/c1-40(2)14-5-17-44-31-9-7-25(19-29(31)33)11-13-36-21-27(37-35)23-43-24-28-22-42(39-38-28)16-12-26-8-10-32(30(34)20-26)45-18-6-15-41(3)4/h7-10,19-22,35-36H,5-6,11-18,23-24H2,1-4H3/b27-21-,37-35?. The van der Waals surface area contributed by atoms with Gasteiger partial charge in [0.15, 0.2) is 0 Å². The fraction of sp³-hybridized carbons (Fsp3) is 0.500. The van der Waals surface area contributed by atoms with Crippen molar-refractivity contribution in [3.8, 4) is 11.5 Å². The largest absolute Gasteiger partial charge is 0.492 e. The van der Waals surface area contributed by atoms with Gasteiger partial charge in [-0.05, 0) is 121 Å². The Morgan fingerprint density at radius 2 is 1.53 bits per heavy atom. The molecule has 0 aliphatic heterocycles. The first kappa shape index (κ1) is 36.6. The molecule has 0 atom stereocenters. The van der Waals surface area contributed by atoms with E-state index in [1.54, 1.807) is 6.20 Å². The van der Waals surface area contributed by atoms with Crippen molar-refractivity contribution in [2.75, 3.05) is 67.6 Å². The molecule has 2 aromatic carbocycles. The van der Waals surface area contributed by atoms with Gasteiger partial charge in [-0.1, -0.05) is 17.3 Å². The SMILES string of the molecule is CN(C)CCCOc1ccc(CCN/C=C(/COCc2cn(CCc3ccc(OCCCN(C)C)c(Br)c3)nn2)N=N)cc1Br. The summed E-state index contributed by atoms with van der Waals surface area (Å²) in [5.74, 6) is 1.71. The fourth-order valence-electron chi connectivity index (χ4n) is 4.29. The summed E-state index contributed by atoms with van der Waals surface area (Å²) in [6, 6.07) is 12.3. The minimum absolute atomic E-state index is 0.201. The van der Waals surface area contributed by atoms with Crippen molar-refractivity contribution in [1.29, 1.82) is 5.53 Å². The average molecular weight is 751 g/mol. The van der Waals surface area contributed by atoms with Crippen LogP contribution in [-0.4, -0.2) is 92.4 Å². The number of benzene rings is 2. The van der Waals surface area contributed by atoms with Crippen LogP contribution in [0.4, 0.5) is 0 Å². The molecule has 11 nitrogen and oxygen atoms in total. The molecule has 0 fully saturated rings. The van der Waals surface area contributed by atoms with Gasteiger partial charge >= 0.3 is 0 Å². The number of aryl methyl sites for hydroxylation is 2. The van der Waals surface area contributed by atoms with Crippen molar-refractivity contribution < 1.29 is 14.2 Å². The molecule has 0 aliphatic rings. The summed E-state index contributed by atoms with van der Waals surface area (Å²) in [7, 11) is 8.24. The number of nitrogens with zero attached hydrogens (tertiary/aromatic N) is 6. The Labute approximate surface area is 284 Å². The molecule has 0 saturated heterocycles. The Hall–Kier alpha value is -2.84. The molecule has 1 heterocycles. The van der Waals surface area contributed by atoms with Gasteiger partial charge in [0.1, 0.15) is 22.9 Å². The fourth-order valence-corrected chi connectivity index (χ4v) is 5.37. The number of ether oxygens (including phenoxy) is 3. The van der Waals surface area contributed by atoms with Gasteiger partial charge in [0.2, 0.25) is 0 Å². The van der Waals surface area contributed by atoms with Crippen LogP contribution < -0.4 is 14.8 Å². The predicted octanol–water partition coefficient (Wildman–Crippen LogP) is 5.93. The number of nitrogens with one attached hydrogen (secondary N) is 2. The third-order valence-electron chi connectivity index (χ3n) is 6.69. The summed E-state index contributed by atoms with van der Waals surface area (Å²) in [5, 5.41) is 15.3. The van der Waals surface area contributed by atoms with E-state index in [1.807, 2.05) is 23.0 Å². The molecule has 0 saturated carbocycles. The molecule has 0 bridgehead atoms. The summed E-state index contributed by atoms with van der Waals surface area (Å²) >= 11 is 7.24. The number of halogens is 2. The minimum Gasteiger partial charge on any atom is -0.492 e. The Kier molecular flexibility index (Phi) is 16.5. The molecule has 0 amide bonds. The van der Waals surface area contributed by atoms with Crippen molar-refractivity contribution in [3.05, 3.63) is 80.3 Å². The van der Waals surface area contributed by atoms with E-state index < -0.39 is 0 Å². The van der Waals surface area contributed by atoms with E-state index in [4.69, 9.17) is 19.7 Å². The smallest absolute Gasteiger partial charge is 0.133 e. The normalized spacial score (nSPS) is 11.8. The summed E-state index contributed by atoms with van der Waals surface area (Å²) in [5.41, 5.74) is 11.1. The Morgan fingerprint density at radius 3 is 2.09 bits per heavy atom. The first-order valence-corrected chi connectivity index (χ1v) is 16.7. The van der Waals surface area contributed by atoms with Crippen LogP contribution in [0.2, 0.25) is 0 Å². The maximum atomic E-state index is 7.48. The molecule has 13 heteroatoms. The Bertz CT molecular complexity index is 1350. The predicted molar refractivity (Wildman–Crippen MR) is 184 cm³/mol. The second kappa shape index (κ2) is 20.3. The van der Waals surface area contributed by atoms with E-state index in [1.165, 1.54) is 11.1 Å². The van der Waals surface area contributed by atoms with Gasteiger partial charge in [-0.25, -0.2) is 5.53 Å². The van der Waals surface area contributed by atoms with Crippen LogP contribution in [0.3, 0.4) is 0 Å². The molecule has 3 rings (SSSR count). The van der Waals surface area contributed by atoms with Crippen LogP contribution >= 0.6 is 31.9 Å². The lowest BCUT2D eigenvalue weighted by Crippen LogP contribution is -2.15. The highest BCUT2D eigenvalue weighted by Crippen LogP contribution is 2.27. The lowest BCUT2D eigenvalue weighted by Gasteiger charge is -2.12. The zero-order valence-corrected chi connectivity index (χ0v) is 29.9. The van der Waals surface area contributed by atoms with E-state index in [-0.39, 0.29) is 13.2 Å². The van der Waals surface area contributed by atoms with E-state index in [2.05, 4.69) is 115 Å². The van der Waals surface area contributed by atoms with Gasteiger partial charge in [0, 0.05) is 32.4 Å². The number of hydrogen-bond donors (Lipinski definition) is 2. The molecule has 2 N–H and O–H groups in total. The first-order valence-electron chi connectivity index (χ1n) is 15.1. The molecule has 246 valence electrons. The minimum atomic E-state index is 0.201. The molecule has 0 spiro atoms. The van der Waals surface area contributed by atoms with Crippen LogP contribution in [0, 0.1) is 5.53 Å². The third kappa shape index (κ3) is 14.4. The van der Waals surface area contributed by atoms with Crippen LogP contribution in [0.15, 0.2) is 68.6 Å². The van der Waals surface area contributed by atoms with Crippen molar-refractivity contribution >= 4 is 31.9 Å². The molecular formula is C32H46Br2N8O3. The van der Waals surface area contributed by atoms with Gasteiger partial charge in [-0.3, -0.25) is 4.68 Å². The third-order valence-corrected chi connectivity index (χ3v) is 7.93. The number of hydrogen-bond acceptors (Lipinski definition) is 10. The monoisotopic (exact) mass is 748 g/mol. The Morgan fingerprint density at radius 1 is 0.933 bits per heavy atom. The van der Waals surface area contributed by atoms with Gasteiger partial charge in [-0.15, -0.1) is 5.10 Å². The quantitative estimate of drug-likeness (QED) is 0.0961. The van der Waals surface area contributed by atoms with Gasteiger partial charge in [0.05, 0.1) is 41.6 Å². The molecular weight excluding hydrogens is 704 g/mol. The van der Waals surface area contributed by atoms with Crippen LogP contribution in [0.25, 0.3) is 0 Å². The van der Waals surface area contributed by atoms with Crippen LogP contribution in [0.5, 0.6) is 11.5 Å². The van der Waals surface area contributed by atoms with Gasteiger partial charge < -0.3 is 29.3 Å². The second-order valence-electron chi connectivity index (χ2n) is 11.2. The summed E-state index contributed by atoms with van der Waals surface area (Å²) in [4.78, 5) is 4.30. The van der Waals surface area contributed by atoms with Crippen LogP contribution in [-0.2, 0) is 30.7 Å². The molecule has 3 aromatic rings. The van der Waals surface area contributed by atoms with E-state index in [0.717, 1.165) is 64.9 Å². The highest BCUT2D eigenvalue weighted by Gasteiger charge is 2.07. The van der Waals surface area contributed by atoms with E-state index in [9.17, 15) is 0 Å². The number of aromatic nitrogens is 3. The van der Waals surface area contributed by atoms with Crippen molar-refractivity contribution in [3.63, 3.8) is 0 Å². The maximum absolute atomic E-state index is 7.48. The molecule has 45 heavy (non-hydrogen) atoms. The lowest BCUT2D eigenvalue weighted by molar-refractivity contribution is 0.138. The second-order valence-corrected chi connectivity index (χ2v) is 12.9.